The Bertz CT molecular complexity index is 1940. The molecule has 0 saturated carbocycles. The zero-order chi connectivity index (χ0) is 31.3. The quantitative estimate of drug-likeness (QED) is 0.256. The summed E-state index contributed by atoms with van der Waals surface area (Å²) in [6, 6.07) is 13.7. The van der Waals surface area contributed by atoms with Crippen LogP contribution in [0.3, 0.4) is 0 Å². The minimum atomic E-state index is -4.61. The van der Waals surface area contributed by atoms with E-state index in [1.54, 1.807) is 52.6 Å². The van der Waals surface area contributed by atoms with Gasteiger partial charge in [0, 0.05) is 30.1 Å². The number of benzene rings is 3. The van der Waals surface area contributed by atoms with E-state index in [0.29, 0.717) is 52.2 Å². The second-order valence-corrected chi connectivity index (χ2v) is 10.8. The number of carbonyl (C=O) groups is 2. The van der Waals surface area contributed by atoms with E-state index in [1.807, 2.05) is 0 Å². The first-order chi connectivity index (χ1) is 21.0. The Labute approximate surface area is 249 Å². The molecule has 1 fully saturated rings. The number of rotatable bonds is 4. The number of halogens is 3. The van der Waals surface area contributed by atoms with Crippen molar-refractivity contribution >= 4 is 45.4 Å². The van der Waals surface area contributed by atoms with E-state index in [-0.39, 0.29) is 29.1 Å². The van der Waals surface area contributed by atoms with Gasteiger partial charge in [0.2, 0.25) is 0 Å². The maximum absolute atomic E-state index is 13.6. The van der Waals surface area contributed by atoms with Crippen LogP contribution in [0.25, 0.3) is 27.5 Å². The van der Waals surface area contributed by atoms with Gasteiger partial charge in [0.25, 0.3) is 5.91 Å². The number of amides is 3. The number of urea groups is 1. The third-order valence-corrected chi connectivity index (χ3v) is 7.87. The highest BCUT2D eigenvalue weighted by atomic mass is 19.4. The fourth-order valence-corrected chi connectivity index (χ4v) is 5.90. The Hall–Kier alpha value is -5.17. The molecule has 10 nitrogen and oxygen atoms in total. The van der Waals surface area contributed by atoms with Crippen LogP contribution in [0.5, 0.6) is 0 Å². The van der Waals surface area contributed by atoms with Gasteiger partial charge in [-0.3, -0.25) is 14.1 Å². The Morgan fingerprint density at radius 3 is 2.50 bits per heavy atom. The number of aryl methyl sites for hydroxylation is 1. The maximum atomic E-state index is 13.6. The average molecular weight is 603 g/mol. The fraction of sp³-hybridized carbons (Fsp3) is 0.226. The summed E-state index contributed by atoms with van der Waals surface area (Å²) in [5.74, 6) is 0.427. The van der Waals surface area contributed by atoms with Crippen molar-refractivity contribution in [1.29, 1.82) is 0 Å². The molecular formula is C31H29F3N8O2. The van der Waals surface area contributed by atoms with E-state index in [0.717, 1.165) is 29.9 Å². The number of piperidine rings is 1. The Morgan fingerprint density at radius 2 is 1.80 bits per heavy atom. The largest absolute Gasteiger partial charge is 0.416 e. The molecule has 3 heterocycles. The van der Waals surface area contributed by atoms with Crippen LogP contribution in [-0.4, -0.2) is 50.3 Å². The van der Waals surface area contributed by atoms with E-state index in [9.17, 15) is 22.8 Å². The third-order valence-electron chi connectivity index (χ3n) is 7.87. The minimum absolute atomic E-state index is 0.0393. The van der Waals surface area contributed by atoms with Crippen molar-refractivity contribution in [3.63, 3.8) is 0 Å². The first-order valence-corrected chi connectivity index (χ1v) is 13.9. The molecular weight excluding hydrogens is 573 g/mol. The summed E-state index contributed by atoms with van der Waals surface area (Å²) in [5.41, 5.74) is 19.4. The molecule has 6 rings (SSSR count). The van der Waals surface area contributed by atoms with Crippen LogP contribution in [0.1, 0.15) is 34.7 Å². The molecule has 1 aliphatic rings. The molecule has 44 heavy (non-hydrogen) atoms. The number of aromatic nitrogens is 3. The number of nitrogens with zero attached hydrogens (tertiary/aromatic N) is 5. The molecule has 0 spiro atoms. The van der Waals surface area contributed by atoms with Crippen molar-refractivity contribution in [2.75, 3.05) is 23.7 Å². The third kappa shape index (κ3) is 4.94. The van der Waals surface area contributed by atoms with Crippen LogP contribution >= 0.6 is 0 Å². The number of fused-ring (bicyclic) bond motifs is 2. The SMILES string of the molecule is Cc1nc(-c2ccc(N(C(N)=O)c3cccc(C(F)(F)F)c3)c3ccccc23)c2c(N)ncc(C(=O)N3CCC[C@H](N)C3)n12. The number of nitrogens with two attached hydrogens (primary N) is 3. The zero-order valence-electron chi connectivity index (χ0n) is 23.7. The van der Waals surface area contributed by atoms with Gasteiger partial charge in [-0.1, -0.05) is 30.3 Å². The Morgan fingerprint density at radius 1 is 1.05 bits per heavy atom. The van der Waals surface area contributed by atoms with E-state index in [2.05, 4.69) is 4.98 Å². The number of anilines is 3. The van der Waals surface area contributed by atoms with Gasteiger partial charge in [0.05, 0.1) is 23.1 Å². The van der Waals surface area contributed by atoms with E-state index in [4.69, 9.17) is 22.2 Å². The lowest BCUT2D eigenvalue weighted by atomic mass is 9.99. The number of primary amides is 1. The van der Waals surface area contributed by atoms with Gasteiger partial charge in [-0.2, -0.15) is 13.2 Å². The smallest absolute Gasteiger partial charge is 0.382 e. The van der Waals surface area contributed by atoms with Crippen LogP contribution < -0.4 is 22.1 Å². The second-order valence-electron chi connectivity index (χ2n) is 10.8. The molecule has 0 unspecified atom stereocenters. The molecule has 1 atom stereocenters. The van der Waals surface area contributed by atoms with Crippen LogP contribution in [-0.2, 0) is 6.18 Å². The molecule has 0 bridgehead atoms. The fourth-order valence-electron chi connectivity index (χ4n) is 5.90. The van der Waals surface area contributed by atoms with Gasteiger partial charge in [-0.15, -0.1) is 0 Å². The van der Waals surface area contributed by atoms with Crippen molar-refractivity contribution in [3.05, 3.63) is 83.9 Å². The summed E-state index contributed by atoms with van der Waals surface area (Å²) in [6.45, 7) is 2.76. The number of likely N-dealkylation sites (tertiary alicyclic amines) is 1. The summed E-state index contributed by atoms with van der Waals surface area (Å²) in [5, 5.41) is 1.16. The van der Waals surface area contributed by atoms with Gasteiger partial charge in [-0.25, -0.2) is 14.8 Å². The molecule has 1 aliphatic heterocycles. The minimum Gasteiger partial charge on any atom is -0.382 e. The van der Waals surface area contributed by atoms with E-state index >= 15 is 0 Å². The normalized spacial score (nSPS) is 15.6. The number of carbonyl (C=O) groups excluding carboxylic acids is 2. The zero-order valence-corrected chi connectivity index (χ0v) is 23.7. The van der Waals surface area contributed by atoms with E-state index in [1.165, 1.54) is 18.3 Å². The van der Waals surface area contributed by atoms with Gasteiger partial charge < -0.3 is 22.1 Å². The van der Waals surface area contributed by atoms with Crippen molar-refractivity contribution < 1.29 is 22.8 Å². The summed E-state index contributed by atoms with van der Waals surface area (Å²) < 4.78 is 42.2. The average Bonchev–Trinajstić information content (AvgIpc) is 3.34. The molecule has 6 N–H and O–H groups in total. The molecule has 226 valence electrons. The molecule has 3 aromatic carbocycles. The number of hydrogen-bond donors (Lipinski definition) is 3. The highest BCUT2D eigenvalue weighted by molar-refractivity contribution is 6.12. The first kappa shape index (κ1) is 28.9. The van der Waals surface area contributed by atoms with Gasteiger partial charge in [-0.05, 0) is 55.5 Å². The monoisotopic (exact) mass is 602 g/mol. The first-order valence-electron chi connectivity index (χ1n) is 13.9. The number of imidazole rings is 1. The highest BCUT2D eigenvalue weighted by Gasteiger charge is 2.32. The molecule has 0 radical (unpaired) electrons. The van der Waals surface area contributed by atoms with Gasteiger partial charge in [0.1, 0.15) is 28.5 Å². The molecule has 0 aliphatic carbocycles. The van der Waals surface area contributed by atoms with Gasteiger partial charge >= 0.3 is 12.2 Å². The van der Waals surface area contributed by atoms with Crippen LogP contribution in [0, 0.1) is 6.92 Å². The van der Waals surface area contributed by atoms with Gasteiger partial charge in [0.15, 0.2) is 0 Å². The van der Waals surface area contributed by atoms with Crippen molar-refractivity contribution in [2.45, 2.75) is 32.0 Å². The Balaban J connectivity index is 1.52. The molecule has 2 aromatic heterocycles. The maximum Gasteiger partial charge on any atom is 0.416 e. The molecule has 13 heteroatoms. The summed E-state index contributed by atoms with van der Waals surface area (Å²) in [6.07, 6.45) is -1.53. The number of alkyl halides is 3. The van der Waals surface area contributed by atoms with Crippen molar-refractivity contribution in [2.24, 2.45) is 11.5 Å². The van der Waals surface area contributed by atoms with Crippen LogP contribution in [0.15, 0.2) is 66.9 Å². The van der Waals surface area contributed by atoms with Crippen LogP contribution in [0.4, 0.5) is 35.2 Å². The molecule has 1 saturated heterocycles. The highest BCUT2D eigenvalue weighted by Crippen LogP contribution is 2.41. The summed E-state index contributed by atoms with van der Waals surface area (Å²) in [4.78, 5) is 38.2. The van der Waals surface area contributed by atoms with Crippen LogP contribution in [0.2, 0.25) is 0 Å². The summed E-state index contributed by atoms with van der Waals surface area (Å²) in [7, 11) is 0. The topological polar surface area (TPSA) is 149 Å². The van der Waals surface area contributed by atoms with Crippen molar-refractivity contribution in [3.8, 4) is 11.3 Å². The predicted octanol–water partition coefficient (Wildman–Crippen LogP) is 5.24. The predicted molar refractivity (Wildman–Crippen MR) is 161 cm³/mol. The lowest BCUT2D eigenvalue weighted by Crippen LogP contribution is -2.46. The lowest BCUT2D eigenvalue weighted by Gasteiger charge is -2.31. The van der Waals surface area contributed by atoms with Crippen molar-refractivity contribution in [1.82, 2.24) is 19.3 Å². The number of hydrogen-bond acceptors (Lipinski definition) is 6. The second kappa shape index (κ2) is 10.8. The Kier molecular flexibility index (Phi) is 7.12. The standard InChI is InChI=1S/C31H29F3N8O2/c1-17-39-26(27-28(36)38-15-25(41(17)27)29(43)40-13-5-7-19(35)16-40)23-11-12-24(22-10-3-2-9-21(22)23)42(30(37)44)20-8-4-6-18(14-20)31(32,33)34/h2-4,6,8-12,14-15,19H,5,7,13,16,35H2,1H3,(H2,36,38)(H2,37,44)/t19-/m0/s1. The molecule has 3 amide bonds. The number of nitrogen functional groups attached to an aromatic ring is 1. The lowest BCUT2D eigenvalue weighted by molar-refractivity contribution is -0.137. The summed E-state index contributed by atoms with van der Waals surface area (Å²) >= 11 is 0. The van der Waals surface area contributed by atoms with E-state index < -0.39 is 17.8 Å². The molecule has 5 aromatic rings.